The number of carbonyl (C=O) groups excluding carboxylic acids is 1. The summed E-state index contributed by atoms with van der Waals surface area (Å²) < 4.78 is 5.42. The highest BCUT2D eigenvalue weighted by Gasteiger charge is 2.31. The maximum atomic E-state index is 12.8. The van der Waals surface area contributed by atoms with Crippen LogP contribution in [0, 0.1) is 25.7 Å². The maximum absolute atomic E-state index is 12.8. The van der Waals surface area contributed by atoms with Gasteiger partial charge in [0.05, 0.1) is 25.3 Å². The van der Waals surface area contributed by atoms with E-state index in [4.69, 9.17) is 4.74 Å². The molecule has 2 fully saturated rings. The quantitative estimate of drug-likeness (QED) is 0.801. The monoisotopic (exact) mass is 350 g/mol. The number of carbonyl (C=O) groups is 1. The zero-order valence-electron chi connectivity index (χ0n) is 15.3. The first-order chi connectivity index (χ1) is 12.1. The van der Waals surface area contributed by atoms with Gasteiger partial charge in [-0.2, -0.15) is 5.10 Å². The van der Waals surface area contributed by atoms with Crippen molar-refractivity contribution in [1.82, 2.24) is 20.0 Å². The van der Waals surface area contributed by atoms with Crippen LogP contribution in [0.5, 0.6) is 0 Å². The third kappa shape index (κ3) is 4.59. The lowest BCUT2D eigenvalue weighted by Gasteiger charge is -2.40. The number of aryl methyl sites for hydroxylation is 2. The molecule has 7 heteroatoms. The van der Waals surface area contributed by atoms with Gasteiger partial charge in [-0.25, -0.2) is 0 Å². The van der Waals surface area contributed by atoms with Gasteiger partial charge >= 0.3 is 0 Å². The van der Waals surface area contributed by atoms with Crippen LogP contribution in [0.1, 0.15) is 23.4 Å². The highest BCUT2D eigenvalue weighted by atomic mass is 16.5. The van der Waals surface area contributed by atoms with Crippen LogP contribution in [0.4, 0.5) is 0 Å². The van der Waals surface area contributed by atoms with Crippen molar-refractivity contribution in [2.45, 2.75) is 26.7 Å². The number of likely N-dealkylation sites (tertiary alicyclic amines) is 1. The minimum Gasteiger partial charge on any atom is -0.396 e. The van der Waals surface area contributed by atoms with Crippen LogP contribution < -0.4 is 0 Å². The maximum Gasteiger partial charge on any atom is 0.227 e. The molecule has 0 radical (unpaired) electrons. The number of aliphatic hydroxyl groups is 1. The molecule has 2 aliphatic rings. The van der Waals surface area contributed by atoms with Gasteiger partial charge in [0.25, 0.3) is 0 Å². The van der Waals surface area contributed by atoms with E-state index in [9.17, 15) is 9.90 Å². The molecule has 1 aromatic rings. The molecule has 0 spiro atoms. The fourth-order valence-corrected chi connectivity index (χ4v) is 4.03. The fourth-order valence-electron chi connectivity index (χ4n) is 4.03. The predicted octanol–water partition coefficient (Wildman–Crippen LogP) is 0.358. The number of aliphatic hydroxyl groups excluding tert-OH is 1. The van der Waals surface area contributed by atoms with Gasteiger partial charge in [0.2, 0.25) is 5.91 Å². The first-order valence-electron chi connectivity index (χ1n) is 9.26. The number of hydrogen-bond donors (Lipinski definition) is 2. The number of nitrogens with zero attached hydrogens (tertiary/aromatic N) is 3. The molecule has 2 N–H and O–H groups in total. The Balaban J connectivity index is 1.62. The topological polar surface area (TPSA) is 81.7 Å². The number of aromatic amines is 1. The average Bonchev–Trinajstić information content (AvgIpc) is 2.94. The van der Waals surface area contributed by atoms with Gasteiger partial charge < -0.3 is 14.7 Å². The van der Waals surface area contributed by atoms with Crippen molar-refractivity contribution in [3.05, 3.63) is 17.0 Å². The van der Waals surface area contributed by atoms with Crippen LogP contribution >= 0.6 is 0 Å². The van der Waals surface area contributed by atoms with E-state index in [0.717, 1.165) is 62.8 Å². The minimum atomic E-state index is 0.137. The van der Waals surface area contributed by atoms with Crippen molar-refractivity contribution < 1.29 is 14.6 Å². The third-order valence-corrected chi connectivity index (χ3v) is 5.46. The number of ether oxygens (including phenoxy) is 1. The summed E-state index contributed by atoms with van der Waals surface area (Å²) in [6.07, 6.45) is 1.37. The summed E-state index contributed by atoms with van der Waals surface area (Å²) in [7, 11) is 0. The Morgan fingerprint density at radius 3 is 2.64 bits per heavy atom. The van der Waals surface area contributed by atoms with Gasteiger partial charge in [-0.1, -0.05) is 0 Å². The van der Waals surface area contributed by atoms with Crippen molar-refractivity contribution >= 4 is 5.91 Å². The summed E-state index contributed by atoms with van der Waals surface area (Å²) in [6.45, 7) is 9.95. The van der Waals surface area contributed by atoms with E-state index in [1.54, 1.807) is 0 Å². The average molecular weight is 350 g/mol. The molecule has 0 saturated carbocycles. The zero-order valence-corrected chi connectivity index (χ0v) is 15.3. The van der Waals surface area contributed by atoms with Crippen molar-refractivity contribution in [3.63, 3.8) is 0 Å². The Bertz CT molecular complexity index is 563. The summed E-state index contributed by atoms with van der Waals surface area (Å²) in [5, 5.41) is 16.8. The summed E-state index contributed by atoms with van der Waals surface area (Å²) in [4.78, 5) is 17.2. The number of H-pyrrole nitrogens is 1. The van der Waals surface area contributed by atoms with Crippen LogP contribution in [0.25, 0.3) is 0 Å². The standard InChI is InChI=1S/C18H30N4O3/c1-13-17(14(2)20-19-13)8-18(24)22-10-15(7-16(11-22)12-23)9-21-3-5-25-6-4-21/h15-16,23H,3-12H2,1-2H3,(H,19,20)/t15-,16+/m0/s1. The van der Waals surface area contributed by atoms with Gasteiger partial charge in [-0.15, -0.1) is 0 Å². The molecule has 3 heterocycles. The smallest absolute Gasteiger partial charge is 0.227 e. The van der Waals surface area contributed by atoms with Crippen LogP contribution in [0.3, 0.4) is 0 Å². The molecular formula is C18H30N4O3. The van der Waals surface area contributed by atoms with Crippen LogP contribution in [0.2, 0.25) is 0 Å². The molecule has 7 nitrogen and oxygen atoms in total. The van der Waals surface area contributed by atoms with E-state index in [0.29, 0.717) is 18.9 Å². The number of nitrogens with one attached hydrogen (secondary N) is 1. The highest BCUT2D eigenvalue weighted by molar-refractivity contribution is 5.79. The molecule has 0 aliphatic carbocycles. The SMILES string of the molecule is Cc1n[nH]c(C)c1CC(=O)N1C[C@H](CO)C[C@@H](CN2CCOCC2)C1. The molecule has 0 unspecified atom stereocenters. The van der Waals surface area contributed by atoms with Crippen LogP contribution in [-0.2, 0) is 16.0 Å². The van der Waals surface area contributed by atoms with E-state index in [-0.39, 0.29) is 18.4 Å². The lowest BCUT2D eigenvalue weighted by Crippen LogP contribution is -2.49. The largest absolute Gasteiger partial charge is 0.396 e. The Labute approximate surface area is 149 Å². The molecule has 2 atom stereocenters. The fraction of sp³-hybridized carbons (Fsp3) is 0.778. The lowest BCUT2D eigenvalue weighted by atomic mass is 9.88. The molecular weight excluding hydrogens is 320 g/mol. The van der Waals surface area contributed by atoms with Crippen molar-refractivity contribution in [3.8, 4) is 0 Å². The van der Waals surface area contributed by atoms with Gasteiger partial charge in [-0.05, 0) is 32.1 Å². The van der Waals surface area contributed by atoms with Crippen molar-refractivity contribution in [2.24, 2.45) is 11.8 Å². The van der Waals surface area contributed by atoms with E-state index in [2.05, 4.69) is 15.1 Å². The second kappa shape index (κ2) is 8.29. The summed E-state index contributed by atoms with van der Waals surface area (Å²) >= 11 is 0. The van der Waals surface area contributed by atoms with Crippen LogP contribution in [-0.4, -0.2) is 83.6 Å². The first kappa shape index (κ1) is 18.4. The Kier molecular flexibility index (Phi) is 6.09. The second-order valence-electron chi connectivity index (χ2n) is 7.45. The molecule has 2 saturated heterocycles. The molecule has 1 aromatic heterocycles. The minimum absolute atomic E-state index is 0.137. The molecule has 0 aromatic carbocycles. The molecule has 0 bridgehead atoms. The van der Waals surface area contributed by atoms with E-state index >= 15 is 0 Å². The Hall–Kier alpha value is -1.44. The summed E-state index contributed by atoms with van der Waals surface area (Å²) in [5.41, 5.74) is 2.86. The predicted molar refractivity (Wildman–Crippen MR) is 94.3 cm³/mol. The van der Waals surface area contributed by atoms with Crippen molar-refractivity contribution in [2.75, 3.05) is 52.5 Å². The number of rotatable bonds is 5. The molecule has 2 aliphatic heterocycles. The summed E-state index contributed by atoms with van der Waals surface area (Å²) in [5.74, 6) is 0.729. The van der Waals surface area contributed by atoms with Crippen molar-refractivity contribution in [1.29, 1.82) is 0 Å². The lowest BCUT2D eigenvalue weighted by molar-refractivity contribution is -0.134. The van der Waals surface area contributed by atoms with Gasteiger partial charge in [0.15, 0.2) is 0 Å². The molecule has 140 valence electrons. The number of aromatic nitrogens is 2. The number of piperidine rings is 1. The Morgan fingerprint density at radius 1 is 1.28 bits per heavy atom. The van der Waals surface area contributed by atoms with Crippen LogP contribution in [0.15, 0.2) is 0 Å². The third-order valence-electron chi connectivity index (χ3n) is 5.46. The molecule has 3 rings (SSSR count). The zero-order chi connectivity index (χ0) is 17.8. The molecule has 25 heavy (non-hydrogen) atoms. The number of amides is 1. The Morgan fingerprint density at radius 2 is 2.00 bits per heavy atom. The highest BCUT2D eigenvalue weighted by Crippen LogP contribution is 2.24. The first-order valence-corrected chi connectivity index (χ1v) is 9.26. The van der Waals surface area contributed by atoms with E-state index in [1.165, 1.54) is 0 Å². The number of morpholine rings is 1. The van der Waals surface area contributed by atoms with Gasteiger partial charge in [-0.3, -0.25) is 14.8 Å². The van der Waals surface area contributed by atoms with Gasteiger partial charge in [0.1, 0.15) is 0 Å². The number of hydrogen-bond acceptors (Lipinski definition) is 5. The molecule has 1 amide bonds. The van der Waals surface area contributed by atoms with E-state index in [1.807, 2.05) is 18.7 Å². The van der Waals surface area contributed by atoms with E-state index < -0.39 is 0 Å². The normalized spacial score (nSPS) is 25.3. The summed E-state index contributed by atoms with van der Waals surface area (Å²) in [6, 6.07) is 0. The second-order valence-corrected chi connectivity index (χ2v) is 7.45. The van der Waals surface area contributed by atoms with Gasteiger partial charge in [0, 0.05) is 50.6 Å².